The van der Waals surface area contributed by atoms with Crippen LogP contribution in [0.15, 0.2) is 47.3 Å². The number of anilines is 1. The molecular formula is C13H9N3O2. The molecule has 0 aliphatic heterocycles. The molecular weight excluding hydrogens is 230 g/mol. The number of H-pyrrole nitrogens is 1. The Morgan fingerprint density at radius 2 is 1.94 bits per heavy atom. The van der Waals surface area contributed by atoms with Crippen LogP contribution in [0.1, 0.15) is 16.1 Å². The number of nitrogens with one attached hydrogen (secondary N) is 2. The van der Waals surface area contributed by atoms with E-state index in [2.05, 4.69) is 10.3 Å². The summed E-state index contributed by atoms with van der Waals surface area (Å²) >= 11 is 0. The molecule has 5 heteroatoms. The van der Waals surface area contributed by atoms with Gasteiger partial charge in [0, 0.05) is 6.07 Å². The van der Waals surface area contributed by atoms with Gasteiger partial charge in [-0.3, -0.25) is 9.59 Å². The molecule has 2 N–H and O–H groups in total. The van der Waals surface area contributed by atoms with Gasteiger partial charge >= 0.3 is 0 Å². The molecule has 0 fully saturated rings. The maximum Gasteiger partial charge on any atom is 0.272 e. The Morgan fingerprint density at radius 3 is 2.67 bits per heavy atom. The zero-order valence-corrected chi connectivity index (χ0v) is 9.31. The van der Waals surface area contributed by atoms with Crippen LogP contribution < -0.4 is 10.9 Å². The van der Waals surface area contributed by atoms with Crippen molar-refractivity contribution in [2.75, 3.05) is 5.32 Å². The first kappa shape index (κ1) is 11.6. The molecule has 18 heavy (non-hydrogen) atoms. The van der Waals surface area contributed by atoms with E-state index in [1.54, 1.807) is 24.3 Å². The molecule has 0 aliphatic carbocycles. The highest BCUT2D eigenvalue weighted by molar-refractivity contribution is 6.03. The normalized spacial score (nSPS) is 9.50. The number of nitriles is 1. The fourth-order valence-corrected chi connectivity index (χ4v) is 1.46. The number of para-hydroxylation sites is 1. The van der Waals surface area contributed by atoms with Crippen LogP contribution in [0.2, 0.25) is 0 Å². The molecule has 0 unspecified atom stereocenters. The Hall–Kier alpha value is -2.87. The highest BCUT2D eigenvalue weighted by Crippen LogP contribution is 2.14. The number of hydrogen-bond acceptors (Lipinski definition) is 3. The summed E-state index contributed by atoms with van der Waals surface area (Å²) < 4.78 is 0. The first-order chi connectivity index (χ1) is 8.70. The van der Waals surface area contributed by atoms with E-state index in [4.69, 9.17) is 5.26 Å². The lowest BCUT2D eigenvalue weighted by atomic mass is 10.2. The number of hydrogen-bond donors (Lipinski definition) is 2. The van der Waals surface area contributed by atoms with Crippen LogP contribution in [0.25, 0.3) is 0 Å². The van der Waals surface area contributed by atoms with Crippen molar-refractivity contribution >= 4 is 11.6 Å². The van der Waals surface area contributed by atoms with Crippen LogP contribution in [0.4, 0.5) is 5.69 Å². The summed E-state index contributed by atoms with van der Waals surface area (Å²) in [4.78, 5) is 25.3. The van der Waals surface area contributed by atoms with Crippen molar-refractivity contribution in [3.63, 3.8) is 0 Å². The van der Waals surface area contributed by atoms with E-state index in [-0.39, 0.29) is 11.3 Å². The first-order valence-corrected chi connectivity index (χ1v) is 5.20. The van der Waals surface area contributed by atoms with Crippen LogP contribution >= 0.6 is 0 Å². The molecule has 88 valence electrons. The lowest BCUT2D eigenvalue weighted by Gasteiger charge is -2.06. The van der Waals surface area contributed by atoms with Gasteiger partial charge in [-0.05, 0) is 18.2 Å². The Morgan fingerprint density at radius 1 is 1.17 bits per heavy atom. The van der Waals surface area contributed by atoms with E-state index in [0.29, 0.717) is 11.3 Å². The van der Waals surface area contributed by atoms with E-state index >= 15 is 0 Å². The lowest BCUT2D eigenvalue weighted by molar-refractivity contribution is 0.102. The second-order valence-corrected chi connectivity index (χ2v) is 3.54. The fraction of sp³-hybridized carbons (Fsp3) is 0. The van der Waals surface area contributed by atoms with Gasteiger partial charge in [0.2, 0.25) is 5.56 Å². The number of amides is 1. The van der Waals surface area contributed by atoms with E-state index in [0.717, 1.165) is 0 Å². The maximum atomic E-state index is 11.8. The Labute approximate surface area is 103 Å². The van der Waals surface area contributed by atoms with Gasteiger partial charge in [-0.1, -0.05) is 18.2 Å². The number of benzene rings is 1. The van der Waals surface area contributed by atoms with Gasteiger partial charge in [0.15, 0.2) is 0 Å². The standard InChI is InChI=1S/C13H9N3O2/c14-8-9-4-1-2-5-10(9)16-13(18)11-6-3-7-12(17)15-11/h1-7H,(H,15,17)(H,16,18). The Bertz CT molecular complexity index is 683. The Balaban J connectivity index is 2.27. The lowest BCUT2D eigenvalue weighted by Crippen LogP contribution is -2.18. The average Bonchev–Trinajstić information content (AvgIpc) is 2.39. The zero-order valence-electron chi connectivity index (χ0n) is 9.31. The van der Waals surface area contributed by atoms with Crippen molar-refractivity contribution < 1.29 is 4.79 Å². The van der Waals surface area contributed by atoms with Gasteiger partial charge in [-0.2, -0.15) is 5.26 Å². The van der Waals surface area contributed by atoms with Crippen molar-refractivity contribution in [1.82, 2.24) is 4.98 Å². The number of pyridine rings is 1. The van der Waals surface area contributed by atoms with Gasteiger partial charge in [0.25, 0.3) is 5.91 Å². The molecule has 0 saturated heterocycles. The third-order valence-electron chi connectivity index (χ3n) is 2.31. The molecule has 1 amide bonds. The number of rotatable bonds is 2. The maximum absolute atomic E-state index is 11.8. The van der Waals surface area contributed by atoms with Gasteiger partial charge in [-0.15, -0.1) is 0 Å². The minimum atomic E-state index is -0.463. The van der Waals surface area contributed by atoms with Gasteiger partial charge in [0.1, 0.15) is 11.8 Å². The molecule has 0 aliphatic rings. The minimum Gasteiger partial charge on any atom is -0.319 e. The highest BCUT2D eigenvalue weighted by atomic mass is 16.2. The molecule has 2 aromatic rings. The van der Waals surface area contributed by atoms with Crippen molar-refractivity contribution in [3.8, 4) is 6.07 Å². The average molecular weight is 239 g/mol. The first-order valence-electron chi connectivity index (χ1n) is 5.20. The summed E-state index contributed by atoms with van der Waals surface area (Å²) in [5, 5.41) is 11.5. The number of carbonyl (C=O) groups excluding carboxylic acids is 1. The predicted molar refractivity (Wildman–Crippen MR) is 66.2 cm³/mol. The molecule has 2 rings (SSSR count). The second kappa shape index (κ2) is 4.97. The smallest absolute Gasteiger partial charge is 0.272 e. The summed E-state index contributed by atoms with van der Waals surface area (Å²) in [6.45, 7) is 0. The fourth-order valence-electron chi connectivity index (χ4n) is 1.46. The number of aromatic amines is 1. The van der Waals surface area contributed by atoms with Crippen LogP contribution in [-0.2, 0) is 0 Å². The van der Waals surface area contributed by atoms with Gasteiger partial charge in [-0.25, -0.2) is 0 Å². The molecule has 1 aromatic heterocycles. The number of carbonyl (C=O) groups is 1. The van der Waals surface area contributed by atoms with E-state index in [9.17, 15) is 9.59 Å². The minimum absolute atomic E-state index is 0.148. The second-order valence-electron chi connectivity index (χ2n) is 3.54. The van der Waals surface area contributed by atoms with E-state index in [1.165, 1.54) is 18.2 Å². The SMILES string of the molecule is N#Cc1ccccc1NC(=O)c1cccc(=O)[nH]1. The molecule has 0 saturated carbocycles. The van der Waals surface area contributed by atoms with E-state index < -0.39 is 5.91 Å². The summed E-state index contributed by atoms with van der Waals surface area (Å²) in [6, 6.07) is 12.9. The quantitative estimate of drug-likeness (QED) is 0.832. The summed E-state index contributed by atoms with van der Waals surface area (Å²) in [7, 11) is 0. The molecule has 0 radical (unpaired) electrons. The molecule has 1 aromatic carbocycles. The van der Waals surface area contributed by atoms with Crippen molar-refractivity contribution in [3.05, 3.63) is 64.1 Å². The van der Waals surface area contributed by atoms with Crippen LogP contribution in [0, 0.1) is 11.3 Å². The molecule has 1 heterocycles. The third kappa shape index (κ3) is 2.44. The summed E-state index contributed by atoms with van der Waals surface area (Å²) in [5.41, 5.74) is 0.574. The van der Waals surface area contributed by atoms with Crippen LogP contribution in [-0.4, -0.2) is 10.9 Å². The monoisotopic (exact) mass is 239 g/mol. The van der Waals surface area contributed by atoms with E-state index in [1.807, 2.05) is 6.07 Å². The molecule has 0 bridgehead atoms. The molecule has 0 spiro atoms. The van der Waals surface area contributed by atoms with Gasteiger partial charge in [0.05, 0.1) is 11.3 Å². The summed E-state index contributed by atoms with van der Waals surface area (Å²) in [5.74, 6) is -0.463. The van der Waals surface area contributed by atoms with Crippen LogP contribution in [0.5, 0.6) is 0 Å². The molecule has 0 atom stereocenters. The zero-order chi connectivity index (χ0) is 13.0. The molecule has 5 nitrogen and oxygen atoms in total. The highest BCUT2D eigenvalue weighted by Gasteiger charge is 2.08. The number of aromatic nitrogens is 1. The third-order valence-corrected chi connectivity index (χ3v) is 2.31. The van der Waals surface area contributed by atoms with Crippen molar-refractivity contribution in [2.24, 2.45) is 0 Å². The predicted octanol–water partition coefficient (Wildman–Crippen LogP) is 1.50. The topological polar surface area (TPSA) is 85.8 Å². The van der Waals surface area contributed by atoms with Gasteiger partial charge < -0.3 is 10.3 Å². The summed E-state index contributed by atoms with van der Waals surface area (Å²) in [6.07, 6.45) is 0. The number of nitrogens with zero attached hydrogens (tertiary/aromatic N) is 1. The van der Waals surface area contributed by atoms with Crippen molar-refractivity contribution in [1.29, 1.82) is 5.26 Å². The van der Waals surface area contributed by atoms with Crippen molar-refractivity contribution in [2.45, 2.75) is 0 Å². The van der Waals surface area contributed by atoms with Crippen LogP contribution in [0.3, 0.4) is 0 Å². The Kier molecular flexibility index (Phi) is 3.21. The largest absolute Gasteiger partial charge is 0.319 e.